The highest BCUT2D eigenvalue weighted by Crippen LogP contribution is 2.51. The molecule has 0 radical (unpaired) electrons. The summed E-state index contributed by atoms with van der Waals surface area (Å²) < 4.78 is 12.4. The summed E-state index contributed by atoms with van der Waals surface area (Å²) in [7, 11) is -0.329. The van der Waals surface area contributed by atoms with Gasteiger partial charge in [-0.25, -0.2) is 0 Å². The number of benzene rings is 3. The maximum absolute atomic E-state index is 6.22. The van der Waals surface area contributed by atoms with Gasteiger partial charge < -0.3 is 9.31 Å². The summed E-state index contributed by atoms with van der Waals surface area (Å²) in [5, 5.41) is 0. The largest absolute Gasteiger partial charge is 0.494 e. The van der Waals surface area contributed by atoms with Crippen molar-refractivity contribution in [2.24, 2.45) is 0 Å². The Morgan fingerprint density at radius 1 is 0.600 bits per heavy atom. The lowest BCUT2D eigenvalue weighted by atomic mass is 9.78. The normalized spacial score (nSPS) is 20.1. The van der Waals surface area contributed by atoms with Gasteiger partial charge >= 0.3 is 7.12 Å². The summed E-state index contributed by atoms with van der Waals surface area (Å²) in [6, 6.07) is 24.2. The first kappa shape index (κ1) is 19.6. The van der Waals surface area contributed by atoms with Crippen LogP contribution in [0.4, 0.5) is 0 Å². The van der Waals surface area contributed by atoms with Gasteiger partial charge in [0.2, 0.25) is 0 Å². The van der Waals surface area contributed by atoms with Crippen LogP contribution in [0.15, 0.2) is 66.7 Å². The van der Waals surface area contributed by atoms with E-state index >= 15 is 0 Å². The number of hydrogen-bond donors (Lipinski definition) is 0. The SMILES string of the molecule is CC1(C)c2ccccc2-c2c(-c3ccc(B4OC(C)(C)C(C)(C)O4)cc3)cccc21. The zero-order valence-electron chi connectivity index (χ0n) is 18.7. The fourth-order valence-corrected chi connectivity index (χ4v) is 4.79. The summed E-state index contributed by atoms with van der Waals surface area (Å²) >= 11 is 0. The van der Waals surface area contributed by atoms with Crippen LogP contribution < -0.4 is 5.46 Å². The van der Waals surface area contributed by atoms with E-state index in [-0.39, 0.29) is 23.7 Å². The zero-order chi connectivity index (χ0) is 21.3. The molecule has 0 bridgehead atoms. The van der Waals surface area contributed by atoms with E-state index in [0.29, 0.717) is 0 Å². The van der Waals surface area contributed by atoms with Crippen molar-refractivity contribution in [3.63, 3.8) is 0 Å². The van der Waals surface area contributed by atoms with Gasteiger partial charge in [0.25, 0.3) is 0 Å². The molecular formula is C27H29BO2. The molecule has 1 heterocycles. The molecule has 0 aromatic heterocycles. The molecule has 3 aromatic carbocycles. The van der Waals surface area contributed by atoms with Crippen LogP contribution in [0.2, 0.25) is 0 Å². The molecule has 0 N–H and O–H groups in total. The van der Waals surface area contributed by atoms with Crippen LogP contribution in [-0.4, -0.2) is 18.3 Å². The van der Waals surface area contributed by atoms with Gasteiger partial charge in [0.05, 0.1) is 11.2 Å². The Labute approximate surface area is 180 Å². The number of fused-ring (bicyclic) bond motifs is 3. The van der Waals surface area contributed by atoms with E-state index < -0.39 is 0 Å². The molecule has 2 nitrogen and oxygen atoms in total. The predicted molar refractivity (Wildman–Crippen MR) is 125 cm³/mol. The second-order valence-corrected chi connectivity index (χ2v) is 10.1. The van der Waals surface area contributed by atoms with Gasteiger partial charge in [0, 0.05) is 5.41 Å². The lowest BCUT2D eigenvalue weighted by molar-refractivity contribution is 0.00578. The third-order valence-corrected chi connectivity index (χ3v) is 7.35. The minimum Gasteiger partial charge on any atom is -0.399 e. The molecule has 2 aliphatic rings. The summed E-state index contributed by atoms with van der Waals surface area (Å²) in [6.07, 6.45) is 0. The number of hydrogen-bond acceptors (Lipinski definition) is 2. The van der Waals surface area contributed by atoms with Crippen LogP contribution in [0.1, 0.15) is 52.7 Å². The van der Waals surface area contributed by atoms with E-state index in [4.69, 9.17) is 9.31 Å². The van der Waals surface area contributed by atoms with E-state index in [0.717, 1.165) is 5.46 Å². The van der Waals surface area contributed by atoms with Gasteiger partial charge in [-0.1, -0.05) is 80.6 Å². The fraction of sp³-hybridized carbons (Fsp3) is 0.333. The van der Waals surface area contributed by atoms with E-state index in [9.17, 15) is 0 Å². The Hall–Kier alpha value is -2.36. The topological polar surface area (TPSA) is 18.5 Å². The minimum atomic E-state index is -0.329. The van der Waals surface area contributed by atoms with Gasteiger partial charge in [-0.2, -0.15) is 0 Å². The molecule has 0 spiro atoms. The maximum Gasteiger partial charge on any atom is 0.494 e. The second kappa shape index (κ2) is 6.32. The van der Waals surface area contributed by atoms with Crippen LogP contribution >= 0.6 is 0 Å². The van der Waals surface area contributed by atoms with Crippen molar-refractivity contribution in [3.8, 4) is 22.3 Å². The van der Waals surface area contributed by atoms with E-state index in [1.165, 1.54) is 33.4 Å². The lowest BCUT2D eigenvalue weighted by Gasteiger charge is -2.32. The highest BCUT2D eigenvalue weighted by molar-refractivity contribution is 6.62. The second-order valence-electron chi connectivity index (χ2n) is 10.1. The van der Waals surface area contributed by atoms with E-state index in [1.807, 2.05) is 0 Å². The van der Waals surface area contributed by atoms with Crippen LogP contribution in [0, 0.1) is 0 Å². The van der Waals surface area contributed by atoms with Crippen LogP contribution in [0.5, 0.6) is 0 Å². The highest BCUT2D eigenvalue weighted by atomic mass is 16.7. The molecule has 0 saturated carbocycles. The Bertz CT molecular complexity index is 1110. The Morgan fingerprint density at radius 2 is 1.17 bits per heavy atom. The van der Waals surface area contributed by atoms with E-state index in [1.54, 1.807) is 0 Å². The lowest BCUT2D eigenvalue weighted by Crippen LogP contribution is -2.41. The van der Waals surface area contributed by atoms with Crippen molar-refractivity contribution in [2.75, 3.05) is 0 Å². The maximum atomic E-state index is 6.22. The first-order chi connectivity index (χ1) is 14.1. The van der Waals surface area contributed by atoms with Crippen molar-refractivity contribution >= 4 is 12.6 Å². The zero-order valence-corrected chi connectivity index (χ0v) is 18.7. The molecule has 30 heavy (non-hydrogen) atoms. The van der Waals surface area contributed by atoms with Gasteiger partial charge in [-0.3, -0.25) is 0 Å². The summed E-state index contributed by atoms with van der Waals surface area (Å²) in [4.78, 5) is 0. The van der Waals surface area contributed by atoms with Gasteiger partial charge in [-0.15, -0.1) is 0 Å². The molecule has 1 aliphatic carbocycles. The van der Waals surface area contributed by atoms with Crippen molar-refractivity contribution in [1.82, 2.24) is 0 Å². The molecule has 1 fully saturated rings. The van der Waals surface area contributed by atoms with Crippen molar-refractivity contribution in [1.29, 1.82) is 0 Å². The van der Waals surface area contributed by atoms with Crippen LogP contribution in [0.25, 0.3) is 22.3 Å². The molecule has 152 valence electrons. The van der Waals surface area contributed by atoms with E-state index in [2.05, 4.69) is 108 Å². The smallest absolute Gasteiger partial charge is 0.399 e. The third kappa shape index (κ3) is 2.72. The Morgan fingerprint density at radius 3 is 1.83 bits per heavy atom. The first-order valence-electron chi connectivity index (χ1n) is 10.8. The molecule has 0 unspecified atom stereocenters. The fourth-order valence-electron chi connectivity index (χ4n) is 4.79. The molecule has 0 amide bonds. The van der Waals surface area contributed by atoms with Gasteiger partial charge in [0.1, 0.15) is 0 Å². The van der Waals surface area contributed by atoms with Crippen LogP contribution in [0.3, 0.4) is 0 Å². The number of rotatable bonds is 2. The third-order valence-electron chi connectivity index (χ3n) is 7.35. The molecule has 0 atom stereocenters. The molecule has 1 saturated heterocycles. The van der Waals surface area contributed by atoms with Crippen LogP contribution in [-0.2, 0) is 14.7 Å². The Balaban J connectivity index is 1.55. The minimum absolute atomic E-state index is 0.0184. The monoisotopic (exact) mass is 396 g/mol. The Kier molecular flexibility index (Phi) is 4.13. The quantitative estimate of drug-likeness (QED) is 0.498. The summed E-state index contributed by atoms with van der Waals surface area (Å²) in [5.41, 5.74) is 8.45. The highest BCUT2D eigenvalue weighted by Gasteiger charge is 2.51. The first-order valence-corrected chi connectivity index (χ1v) is 10.8. The molecular weight excluding hydrogens is 367 g/mol. The summed E-state index contributed by atoms with van der Waals surface area (Å²) in [5.74, 6) is 0. The van der Waals surface area contributed by atoms with Gasteiger partial charge in [0.15, 0.2) is 0 Å². The average molecular weight is 396 g/mol. The summed E-state index contributed by atoms with van der Waals surface area (Å²) in [6.45, 7) is 13.0. The van der Waals surface area contributed by atoms with Gasteiger partial charge in [-0.05, 0) is 66.5 Å². The van der Waals surface area contributed by atoms with Crippen molar-refractivity contribution in [3.05, 3.63) is 77.9 Å². The molecule has 5 rings (SSSR count). The molecule has 3 aromatic rings. The molecule has 1 aliphatic heterocycles. The van der Waals surface area contributed by atoms with Crippen molar-refractivity contribution < 1.29 is 9.31 Å². The predicted octanol–water partition coefficient (Wildman–Crippen LogP) is 5.96. The van der Waals surface area contributed by atoms with Crippen molar-refractivity contribution in [2.45, 2.75) is 58.2 Å². The average Bonchev–Trinajstić information content (AvgIpc) is 3.08. The molecule has 3 heteroatoms. The standard InChI is InChI=1S/C27H29BO2/c1-25(2)22-12-8-7-10-21(22)24-20(11-9-13-23(24)25)18-14-16-19(17-15-18)28-29-26(3,4)27(5,6)30-28/h7-17H,1-6H3.